The van der Waals surface area contributed by atoms with Gasteiger partial charge in [-0.1, -0.05) is 0 Å². The summed E-state index contributed by atoms with van der Waals surface area (Å²) in [5.74, 6) is 1.15. The predicted octanol–water partition coefficient (Wildman–Crippen LogP) is -0.255. The van der Waals surface area contributed by atoms with Gasteiger partial charge in [0.05, 0.1) is 12.5 Å². The van der Waals surface area contributed by atoms with Crippen molar-refractivity contribution in [1.82, 2.24) is 15.0 Å². The van der Waals surface area contributed by atoms with Crippen LogP contribution in [0.25, 0.3) is 0 Å². The maximum absolute atomic E-state index is 9.21. The first-order valence-corrected chi connectivity index (χ1v) is 5.59. The van der Waals surface area contributed by atoms with Crippen LogP contribution in [0.3, 0.4) is 0 Å². The van der Waals surface area contributed by atoms with E-state index in [0.29, 0.717) is 18.3 Å². The van der Waals surface area contributed by atoms with E-state index in [2.05, 4.69) is 27.0 Å². The summed E-state index contributed by atoms with van der Waals surface area (Å²) in [6, 6.07) is 0. The van der Waals surface area contributed by atoms with Crippen LogP contribution in [0.2, 0.25) is 0 Å². The Hall–Kier alpha value is -1.14. The molecular weight excluding hydrogens is 208 g/mol. The van der Waals surface area contributed by atoms with Gasteiger partial charge in [0.25, 0.3) is 5.95 Å². The van der Waals surface area contributed by atoms with E-state index in [4.69, 9.17) is 4.52 Å². The van der Waals surface area contributed by atoms with Crippen molar-refractivity contribution in [2.24, 2.45) is 0 Å². The van der Waals surface area contributed by atoms with Crippen molar-refractivity contribution < 1.29 is 9.63 Å². The molecule has 2 heterocycles. The number of anilines is 1. The molecule has 1 fully saturated rings. The lowest BCUT2D eigenvalue weighted by Crippen LogP contribution is -2.44. The van der Waals surface area contributed by atoms with Gasteiger partial charge in [-0.15, -0.1) is 0 Å². The maximum atomic E-state index is 9.21. The first-order chi connectivity index (χ1) is 7.65. The molecule has 2 rings (SSSR count). The van der Waals surface area contributed by atoms with Gasteiger partial charge >= 0.3 is 0 Å². The Morgan fingerprint density at radius 3 is 2.69 bits per heavy atom. The largest absolute Gasteiger partial charge is 0.393 e. The van der Waals surface area contributed by atoms with Crippen LogP contribution in [-0.2, 0) is 6.42 Å². The summed E-state index contributed by atoms with van der Waals surface area (Å²) >= 11 is 0. The molecule has 0 spiro atoms. The summed E-state index contributed by atoms with van der Waals surface area (Å²) in [4.78, 5) is 8.65. The summed E-state index contributed by atoms with van der Waals surface area (Å²) in [7, 11) is 2.10. The van der Waals surface area contributed by atoms with Crippen molar-refractivity contribution in [3.8, 4) is 0 Å². The van der Waals surface area contributed by atoms with Crippen LogP contribution in [0.15, 0.2) is 4.52 Å². The van der Waals surface area contributed by atoms with Crippen LogP contribution >= 0.6 is 0 Å². The number of aliphatic hydroxyl groups excluding tert-OH is 1. The summed E-state index contributed by atoms with van der Waals surface area (Å²) in [5, 5.41) is 13.1. The fourth-order valence-electron chi connectivity index (χ4n) is 1.72. The van der Waals surface area contributed by atoms with Crippen molar-refractivity contribution in [2.75, 3.05) is 38.1 Å². The van der Waals surface area contributed by atoms with Gasteiger partial charge in [-0.2, -0.15) is 4.98 Å². The zero-order chi connectivity index (χ0) is 11.5. The Balaban J connectivity index is 1.96. The van der Waals surface area contributed by atoms with Crippen molar-refractivity contribution in [1.29, 1.82) is 0 Å². The molecule has 1 N–H and O–H groups in total. The summed E-state index contributed by atoms with van der Waals surface area (Å²) in [6.07, 6.45) is -0.0263. The summed E-state index contributed by atoms with van der Waals surface area (Å²) < 4.78 is 5.08. The molecule has 1 aromatic rings. The van der Waals surface area contributed by atoms with E-state index >= 15 is 0 Å². The van der Waals surface area contributed by atoms with E-state index in [0.717, 1.165) is 26.2 Å². The zero-order valence-electron chi connectivity index (χ0n) is 9.76. The van der Waals surface area contributed by atoms with Crippen molar-refractivity contribution in [2.45, 2.75) is 19.4 Å². The molecule has 1 unspecified atom stereocenters. The molecule has 0 aromatic carbocycles. The van der Waals surface area contributed by atoms with Crippen LogP contribution in [0.5, 0.6) is 0 Å². The fourth-order valence-corrected chi connectivity index (χ4v) is 1.72. The van der Waals surface area contributed by atoms with Gasteiger partial charge in [-0.25, -0.2) is 0 Å². The van der Waals surface area contributed by atoms with Crippen molar-refractivity contribution in [3.05, 3.63) is 5.89 Å². The lowest BCUT2D eigenvalue weighted by molar-refractivity contribution is 0.181. The molecule has 90 valence electrons. The second-order valence-electron chi connectivity index (χ2n) is 4.33. The topological polar surface area (TPSA) is 65.6 Å². The lowest BCUT2D eigenvalue weighted by atomic mass is 10.3. The number of rotatable bonds is 3. The maximum Gasteiger partial charge on any atom is 0.266 e. The molecule has 0 radical (unpaired) electrons. The molecule has 0 bridgehead atoms. The van der Waals surface area contributed by atoms with E-state index in [9.17, 15) is 5.11 Å². The third-order valence-corrected chi connectivity index (χ3v) is 2.71. The van der Waals surface area contributed by atoms with Gasteiger partial charge in [0.1, 0.15) is 0 Å². The van der Waals surface area contributed by atoms with Crippen molar-refractivity contribution in [3.63, 3.8) is 0 Å². The monoisotopic (exact) mass is 226 g/mol. The average molecular weight is 226 g/mol. The number of nitrogens with zero attached hydrogens (tertiary/aromatic N) is 4. The quantitative estimate of drug-likeness (QED) is 0.766. The van der Waals surface area contributed by atoms with Crippen LogP contribution < -0.4 is 4.90 Å². The minimum absolute atomic E-state index is 0.417. The Kier molecular flexibility index (Phi) is 3.40. The highest BCUT2D eigenvalue weighted by Gasteiger charge is 2.19. The van der Waals surface area contributed by atoms with E-state index in [-0.39, 0.29) is 0 Å². The predicted molar refractivity (Wildman–Crippen MR) is 59.4 cm³/mol. The number of likely N-dealkylation sites (N-methyl/N-ethyl adjacent to an activating group) is 1. The normalized spacial score (nSPS) is 20.1. The molecule has 1 aliphatic rings. The molecule has 0 amide bonds. The summed E-state index contributed by atoms with van der Waals surface area (Å²) in [5.41, 5.74) is 0. The minimum Gasteiger partial charge on any atom is -0.393 e. The van der Waals surface area contributed by atoms with Gasteiger partial charge < -0.3 is 19.4 Å². The second-order valence-corrected chi connectivity index (χ2v) is 4.33. The lowest BCUT2D eigenvalue weighted by Gasteiger charge is -2.31. The van der Waals surface area contributed by atoms with Gasteiger partial charge in [0.15, 0.2) is 0 Å². The van der Waals surface area contributed by atoms with Gasteiger partial charge in [0.2, 0.25) is 5.89 Å². The third-order valence-electron chi connectivity index (χ3n) is 2.71. The van der Waals surface area contributed by atoms with Gasteiger partial charge in [0, 0.05) is 26.2 Å². The molecule has 1 atom stereocenters. The van der Waals surface area contributed by atoms with E-state index < -0.39 is 6.10 Å². The first kappa shape index (κ1) is 11.3. The third kappa shape index (κ3) is 2.70. The molecule has 1 saturated heterocycles. The van der Waals surface area contributed by atoms with E-state index in [1.807, 2.05) is 0 Å². The highest BCUT2D eigenvalue weighted by atomic mass is 16.5. The molecule has 16 heavy (non-hydrogen) atoms. The zero-order valence-corrected chi connectivity index (χ0v) is 9.76. The van der Waals surface area contributed by atoms with Crippen LogP contribution in [0, 0.1) is 0 Å². The molecule has 6 nitrogen and oxygen atoms in total. The number of aromatic nitrogens is 2. The Bertz CT molecular complexity index is 331. The Morgan fingerprint density at radius 2 is 2.06 bits per heavy atom. The Morgan fingerprint density at radius 1 is 1.38 bits per heavy atom. The van der Waals surface area contributed by atoms with Gasteiger partial charge in [-0.05, 0) is 19.1 Å². The number of piperazine rings is 1. The highest BCUT2D eigenvalue weighted by Crippen LogP contribution is 2.12. The van der Waals surface area contributed by atoms with Crippen LogP contribution in [0.1, 0.15) is 12.8 Å². The molecular formula is C10H18N4O2. The fraction of sp³-hybridized carbons (Fsp3) is 0.800. The molecule has 0 saturated carbocycles. The minimum atomic E-state index is -0.444. The van der Waals surface area contributed by atoms with Crippen LogP contribution in [-0.4, -0.2) is 59.5 Å². The second kappa shape index (κ2) is 4.80. The molecule has 1 aliphatic heterocycles. The number of aliphatic hydroxyl groups is 1. The van der Waals surface area contributed by atoms with E-state index in [1.54, 1.807) is 6.92 Å². The van der Waals surface area contributed by atoms with Gasteiger partial charge in [-0.3, -0.25) is 0 Å². The van der Waals surface area contributed by atoms with Crippen molar-refractivity contribution >= 4 is 5.95 Å². The number of hydrogen-bond acceptors (Lipinski definition) is 6. The van der Waals surface area contributed by atoms with E-state index in [1.165, 1.54) is 0 Å². The molecule has 1 aromatic heterocycles. The SMILES string of the molecule is CC(O)Cc1nc(N2CCN(C)CC2)no1. The Labute approximate surface area is 94.8 Å². The van der Waals surface area contributed by atoms with Crippen LogP contribution in [0.4, 0.5) is 5.95 Å². The molecule has 6 heteroatoms. The average Bonchev–Trinajstić information content (AvgIpc) is 2.66. The number of hydrogen-bond donors (Lipinski definition) is 1. The smallest absolute Gasteiger partial charge is 0.266 e. The highest BCUT2D eigenvalue weighted by molar-refractivity contribution is 5.28. The molecule has 0 aliphatic carbocycles. The summed E-state index contributed by atoms with van der Waals surface area (Å²) in [6.45, 7) is 5.58. The standard InChI is InChI=1S/C10H18N4O2/c1-8(15)7-9-11-10(12-16-9)14-5-3-13(2)4-6-14/h8,15H,3-7H2,1-2H3. The first-order valence-electron chi connectivity index (χ1n) is 5.59.